The summed E-state index contributed by atoms with van der Waals surface area (Å²) in [4.78, 5) is 12.5. The summed E-state index contributed by atoms with van der Waals surface area (Å²) in [5, 5.41) is 17.3. The van der Waals surface area contributed by atoms with Crippen LogP contribution in [0.15, 0.2) is 45.8 Å². The number of anilines is 2. The molecule has 0 spiro atoms. The minimum atomic E-state index is -0.657. The van der Waals surface area contributed by atoms with Crippen molar-refractivity contribution in [2.75, 3.05) is 9.91 Å². The van der Waals surface area contributed by atoms with Gasteiger partial charge >= 0.3 is 6.01 Å². The smallest absolute Gasteiger partial charge is 0.313 e. The first kappa shape index (κ1) is 15.8. The number of nitrogens with zero attached hydrogens (tertiary/aromatic N) is 8. The summed E-state index contributed by atoms with van der Waals surface area (Å²) in [7, 11) is 0. The predicted octanol–water partition coefficient (Wildman–Crippen LogP) is 2.90. The third-order valence-corrected chi connectivity index (χ3v) is 6.02. The number of alkyl halides is 1. The lowest BCUT2D eigenvalue weighted by molar-refractivity contribution is 0.259. The van der Waals surface area contributed by atoms with Crippen molar-refractivity contribution in [3.8, 4) is 6.19 Å². The summed E-state index contributed by atoms with van der Waals surface area (Å²) >= 11 is 6.57. The minimum Gasteiger partial charge on any atom is -0.313 e. The number of halogens is 1. The molecule has 10 heteroatoms. The minimum absolute atomic E-state index is 0.295. The lowest BCUT2D eigenvalue weighted by atomic mass is 10.1. The van der Waals surface area contributed by atoms with Gasteiger partial charge in [-0.15, -0.1) is 0 Å². The van der Waals surface area contributed by atoms with Gasteiger partial charge in [-0.1, -0.05) is 41.9 Å². The average Bonchev–Trinajstić information content (AvgIpc) is 3.11. The zero-order valence-corrected chi connectivity index (χ0v) is 15.6. The molecule has 1 saturated carbocycles. The molecule has 28 heavy (non-hydrogen) atoms. The Bertz CT molecular complexity index is 1070. The summed E-state index contributed by atoms with van der Waals surface area (Å²) in [5.41, 5.74) is 1.25. The fraction of sp³-hybridized carbons (Fsp3) is 0.333. The maximum Gasteiger partial charge on any atom is 0.348 e. The maximum atomic E-state index is 9.47. The van der Waals surface area contributed by atoms with Crippen LogP contribution in [0.4, 0.5) is 11.7 Å². The van der Waals surface area contributed by atoms with Gasteiger partial charge in [-0.05, 0) is 18.4 Å². The molecule has 140 valence electrons. The molecule has 3 aliphatic heterocycles. The zero-order valence-electron chi connectivity index (χ0n) is 14.8. The van der Waals surface area contributed by atoms with Gasteiger partial charge in [-0.3, -0.25) is 4.90 Å². The number of hydrogen-bond donors (Lipinski definition) is 0. The quantitative estimate of drug-likeness (QED) is 0.436. The molecule has 9 nitrogen and oxygen atoms in total. The summed E-state index contributed by atoms with van der Waals surface area (Å²) in [5.74, 6) is 2.39. The van der Waals surface area contributed by atoms with Gasteiger partial charge in [-0.2, -0.15) is 15.3 Å². The number of benzene rings is 1. The second kappa shape index (κ2) is 5.39. The van der Waals surface area contributed by atoms with Crippen LogP contribution < -0.4 is 9.91 Å². The number of fused-ring (bicyclic) bond motifs is 6. The zero-order chi connectivity index (χ0) is 19.0. The van der Waals surface area contributed by atoms with Crippen LogP contribution in [0.1, 0.15) is 36.8 Å². The molecule has 4 atom stereocenters. The first-order valence-corrected chi connectivity index (χ1v) is 9.48. The Kier molecular flexibility index (Phi) is 3.04. The SMILES string of the molecule is CC1CC1c1noc(N2C=NC3c4ccccc4N4C(=CN(C#N)C4Cl)N32)n1. The van der Waals surface area contributed by atoms with Crippen LogP contribution in [-0.4, -0.2) is 32.0 Å². The first-order valence-electron chi connectivity index (χ1n) is 9.05. The van der Waals surface area contributed by atoms with Gasteiger partial charge in [0.15, 0.2) is 29.6 Å². The van der Waals surface area contributed by atoms with E-state index in [1.807, 2.05) is 34.2 Å². The molecule has 0 N–H and O–H groups in total. The Labute approximate surface area is 165 Å². The van der Waals surface area contributed by atoms with Gasteiger partial charge in [0.2, 0.25) is 0 Å². The lowest BCUT2D eigenvalue weighted by Gasteiger charge is -2.42. The highest BCUT2D eigenvalue weighted by atomic mass is 35.5. The van der Waals surface area contributed by atoms with Gasteiger partial charge in [0, 0.05) is 11.5 Å². The average molecular weight is 395 g/mol. The third kappa shape index (κ3) is 1.98. The van der Waals surface area contributed by atoms with Crippen molar-refractivity contribution in [1.29, 1.82) is 5.26 Å². The maximum absolute atomic E-state index is 9.47. The van der Waals surface area contributed by atoms with Crippen LogP contribution in [0.5, 0.6) is 0 Å². The number of aliphatic imine (C=N–C) groups is 1. The van der Waals surface area contributed by atoms with E-state index < -0.39 is 5.62 Å². The van der Waals surface area contributed by atoms with Gasteiger partial charge in [0.25, 0.3) is 0 Å². The van der Waals surface area contributed by atoms with E-state index in [2.05, 4.69) is 28.2 Å². The molecule has 0 amide bonds. The van der Waals surface area contributed by atoms with Crippen LogP contribution in [0.3, 0.4) is 0 Å². The normalized spacial score (nSPS) is 29.4. The standard InChI is InChI=1S/C18H15ClN8O/c1-10-6-12(10)15-22-18(28-23-15)25-9-21-16-11-4-2-3-5-13(11)26-14(27(16)25)7-24(8-20)17(26)19/h2-5,7,9-10,12,16-17H,6H2,1H3. The molecule has 1 aromatic heterocycles. The molecule has 0 saturated heterocycles. The molecule has 4 aliphatic rings. The Morgan fingerprint density at radius 2 is 2.14 bits per heavy atom. The fourth-order valence-corrected chi connectivity index (χ4v) is 4.30. The number of hydrazine groups is 1. The highest BCUT2D eigenvalue weighted by Crippen LogP contribution is 2.49. The van der Waals surface area contributed by atoms with Crippen LogP contribution in [0, 0.1) is 17.4 Å². The van der Waals surface area contributed by atoms with Gasteiger partial charge in [0.05, 0.1) is 11.9 Å². The predicted molar refractivity (Wildman–Crippen MR) is 100 cm³/mol. The van der Waals surface area contributed by atoms with Crippen molar-refractivity contribution in [3.63, 3.8) is 0 Å². The fourth-order valence-electron chi connectivity index (χ4n) is 4.00. The molecular weight excluding hydrogens is 380 g/mol. The van der Waals surface area contributed by atoms with Crippen molar-refractivity contribution in [2.45, 2.75) is 31.1 Å². The van der Waals surface area contributed by atoms with E-state index in [4.69, 9.17) is 16.1 Å². The molecule has 6 rings (SSSR count). The number of aromatic nitrogens is 2. The topological polar surface area (TPSA) is 88.0 Å². The molecule has 2 aromatic rings. The molecule has 1 aromatic carbocycles. The van der Waals surface area contributed by atoms with E-state index in [0.717, 1.165) is 29.3 Å². The second-order valence-corrected chi connectivity index (χ2v) is 7.71. The Morgan fingerprint density at radius 3 is 2.93 bits per heavy atom. The first-order chi connectivity index (χ1) is 13.7. The number of hydrogen-bond acceptors (Lipinski definition) is 9. The van der Waals surface area contributed by atoms with E-state index in [-0.39, 0.29) is 6.17 Å². The van der Waals surface area contributed by atoms with E-state index in [9.17, 15) is 5.26 Å². The summed E-state index contributed by atoms with van der Waals surface area (Å²) in [6, 6.07) is 8.25. The van der Waals surface area contributed by atoms with Crippen LogP contribution in [0.2, 0.25) is 0 Å². The number of para-hydroxylation sites is 1. The van der Waals surface area contributed by atoms with Crippen LogP contribution in [0.25, 0.3) is 0 Å². The summed E-state index contributed by atoms with van der Waals surface area (Å²) in [6.45, 7) is 2.17. The molecule has 4 heterocycles. The van der Waals surface area contributed by atoms with Crippen molar-refractivity contribution < 1.29 is 4.52 Å². The van der Waals surface area contributed by atoms with Gasteiger partial charge in [-0.25, -0.2) is 14.9 Å². The third-order valence-electron chi connectivity index (χ3n) is 5.62. The molecule has 1 fully saturated rings. The van der Waals surface area contributed by atoms with E-state index in [0.29, 0.717) is 17.9 Å². The van der Waals surface area contributed by atoms with Gasteiger partial charge < -0.3 is 4.52 Å². The van der Waals surface area contributed by atoms with Crippen molar-refractivity contribution >= 4 is 29.6 Å². The molecule has 1 aliphatic carbocycles. The second-order valence-electron chi connectivity index (χ2n) is 7.32. The molecule has 4 unspecified atom stereocenters. The number of rotatable bonds is 2. The van der Waals surface area contributed by atoms with E-state index in [1.165, 1.54) is 4.90 Å². The van der Waals surface area contributed by atoms with E-state index >= 15 is 0 Å². The van der Waals surface area contributed by atoms with Crippen LogP contribution in [-0.2, 0) is 0 Å². The molecule has 0 radical (unpaired) electrons. The lowest BCUT2D eigenvalue weighted by Crippen LogP contribution is -2.48. The Hall–Kier alpha value is -3.25. The van der Waals surface area contributed by atoms with Crippen molar-refractivity contribution in [1.82, 2.24) is 20.0 Å². The van der Waals surface area contributed by atoms with E-state index in [1.54, 1.807) is 17.5 Å². The summed E-state index contributed by atoms with van der Waals surface area (Å²) in [6.07, 6.45) is 6.29. The Morgan fingerprint density at radius 1 is 1.32 bits per heavy atom. The summed E-state index contributed by atoms with van der Waals surface area (Å²) < 4.78 is 5.54. The van der Waals surface area contributed by atoms with Crippen molar-refractivity contribution in [3.05, 3.63) is 47.7 Å². The number of nitriles is 1. The molecular formula is C18H15ClN8O. The largest absolute Gasteiger partial charge is 0.348 e. The van der Waals surface area contributed by atoms with Gasteiger partial charge in [0.1, 0.15) is 6.34 Å². The Balaban J connectivity index is 1.45. The van der Waals surface area contributed by atoms with Crippen molar-refractivity contribution in [2.24, 2.45) is 10.9 Å². The molecule has 0 bridgehead atoms. The monoisotopic (exact) mass is 394 g/mol. The highest BCUT2D eigenvalue weighted by molar-refractivity contribution is 6.22. The highest BCUT2D eigenvalue weighted by Gasteiger charge is 2.48. The van der Waals surface area contributed by atoms with Crippen LogP contribution >= 0.6 is 11.6 Å².